The molecule has 2 aromatic heterocycles. The first-order chi connectivity index (χ1) is 13.3. The molecule has 1 aliphatic heterocycles. The Bertz CT molecular complexity index is 1000. The largest absolute Gasteiger partial charge is 0.444 e. The number of pyridine rings is 1. The highest BCUT2D eigenvalue weighted by Gasteiger charge is 2.43. The van der Waals surface area contributed by atoms with E-state index in [1.165, 1.54) is 29.4 Å². The molecule has 0 bridgehead atoms. The van der Waals surface area contributed by atoms with Crippen LogP contribution in [0.4, 0.5) is 4.39 Å². The van der Waals surface area contributed by atoms with Gasteiger partial charge in [-0.2, -0.15) is 0 Å². The summed E-state index contributed by atoms with van der Waals surface area (Å²) in [4.78, 5) is 20.0. The van der Waals surface area contributed by atoms with Crippen LogP contribution in [0.15, 0.2) is 23.9 Å². The lowest BCUT2D eigenvalue weighted by atomic mass is 9.92. The highest BCUT2D eigenvalue weighted by molar-refractivity contribution is 7.90. The summed E-state index contributed by atoms with van der Waals surface area (Å²) >= 11 is 5.89. The highest BCUT2D eigenvalue weighted by atomic mass is 32.1. The number of rotatable bonds is 4. The number of amides is 1. The molecule has 2 aliphatic rings. The number of carbonyl (C=O) groups excluding carboxylic acids is 1. The maximum Gasteiger partial charge on any atom is 0.264 e. The SMILES string of the molecule is Cc1ncccc1Oc1sc(C(=O)N2CC(C)(F)C2)c2c1C(S)=C(C=N)CC2. The van der Waals surface area contributed by atoms with Gasteiger partial charge in [-0.05, 0) is 50.0 Å². The lowest BCUT2D eigenvalue weighted by Gasteiger charge is -2.42. The van der Waals surface area contributed by atoms with Crippen LogP contribution in [-0.4, -0.2) is 40.8 Å². The maximum absolute atomic E-state index is 13.9. The van der Waals surface area contributed by atoms with Crippen molar-refractivity contribution in [3.63, 3.8) is 0 Å². The lowest BCUT2D eigenvalue weighted by Crippen LogP contribution is -2.59. The minimum absolute atomic E-state index is 0.103. The summed E-state index contributed by atoms with van der Waals surface area (Å²) in [6.45, 7) is 3.56. The van der Waals surface area contributed by atoms with E-state index in [1.807, 2.05) is 13.0 Å². The van der Waals surface area contributed by atoms with E-state index in [-0.39, 0.29) is 19.0 Å². The second kappa shape index (κ2) is 7.00. The molecule has 2 aromatic rings. The molecule has 4 rings (SSSR count). The van der Waals surface area contributed by atoms with Gasteiger partial charge in [0.05, 0.1) is 23.7 Å². The summed E-state index contributed by atoms with van der Waals surface area (Å²) in [6, 6.07) is 3.61. The van der Waals surface area contributed by atoms with Gasteiger partial charge in [-0.1, -0.05) is 11.3 Å². The minimum Gasteiger partial charge on any atom is -0.444 e. The molecule has 3 heterocycles. The van der Waals surface area contributed by atoms with Crippen LogP contribution in [-0.2, 0) is 6.42 Å². The fourth-order valence-corrected chi connectivity index (χ4v) is 5.23. The Morgan fingerprint density at radius 3 is 2.86 bits per heavy atom. The Morgan fingerprint density at radius 2 is 2.21 bits per heavy atom. The molecule has 1 fully saturated rings. The molecule has 8 heteroatoms. The summed E-state index contributed by atoms with van der Waals surface area (Å²) in [5.41, 5.74) is 1.85. The van der Waals surface area contributed by atoms with E-state index in [1.54, 1.807) is 12.3 Å². The van der Waals surface area contributed by atoms with Crippen molar-refractivity contribution in [1.82, 2.24) is 9.88 Å². The standard InChI is InChI=1S/C20H20FN3O2S2/c1-11-14(4-3-7-23-11)26-19-15-13(6-5-12(8-22)16(15)27)17(28-19)18(25)24-9-20(2,21)10-24/h3-4,7-8,22,27H,5-6,9-10H2,1-2H3. The van der Waals surface area contributed by atoms with Crippen molar-refractivity contribution >= 4 is 41.0 Å². The van der Waals surface area contributed by atoms with Crippen LogP contribution in [0.2, 0.25) is 0 Å². The molecule has 1 N–H and O–H groups in total. The number of aromatic nitrogens is 1. The van der Waals surface area contributed by atoms with E-state index in [0.29, 0.717) is 33.4 Å². The van der Waals surface area contributed by atoms with Crippen LogP contribution in [0.25, 0.3) is 4.91 Å². The molecule has 0 atom stereocenters. The first-order valence-electron chi connectivity index (χ1n) is 8.97. The number of halogens is 1. The summed E-state index contributed by atoms with van der Waals surface area (Å²) < 4.78 is 20.0. The number of hydrogen-bond donors (Lipinski definition) is 2. The van der Waals surface area contributed by atoms with Gasteiger partial charge in [-0.25, -0.2) is 4.39 Å². The van der Waals surface area contributed by atoms with Crippen LogP contribution < -0.4 is 4.74 Å². The second-order valence-corrected chi connectivity index (χ2v) is 8.78. The first kappa shape index (κ1) is 19.1. The third-order valence-electron chi connectivity index (χ3n) is 5.02. The molecular weight excluding hydrogens is 397 g/mol. The van der Waals surface area contributed by atoms with Crippen LogP contribution in [0.3, 0.4) is 0 Å². The van der Waals surface area contributed by atoms with Gasteiger partial charge in [0, 0.05) is 22.9 Å². The van der Waals surface area contributed by atoms with Crippen LogP contribution in [0.1, 0.15) is 39.8 Å². The lowest BCUT2D eigenvalue weighted by molar-refractivity contribution is -0.00760. The quantitative estimate of drug-likeness (QED) is 0.561. The molecule has 0 radical (unpaired) electrons. The number of nitrogens with zero attached hydrogens (tertiary/aromatic N) is 2. The molecule has 0 spiro atoms. The maximum atomic E-state index is 13.9. The third kappa shape index (κ3) is 3.24. The fraction of sp³-hybridized carbons (Fsp3) is 0.350. The number of hydrogen-bond acceptors (Lipinski definition) is 6. The van der Waals surface area contributed by atoms with Crippen molar-refractivity contribution in [3.8, 4) is 10.8 Å². The number of aryl methyl sites for hydroxylation is 1. The predicted octanol–water partition coefficient (Wildman–Crippen LogP) is 4.66. The van der Waals surface area contributed by atoms with Crippen molar-refractivity contribution in [2.24, 2.45) is 0 Å². The van der Waals surface area contributed by atoms with Gasteiger partial charge >= 0.3 is 0 Å². The van der Waals surface area contributed by atoms with Crippen molar-refractivity contribution in [3.05, 3.63) is 45.6 Å². The number of carbonyl (C=O) groups is 1. The molecule has 0 saturated carbocycles. The number of ether oxygens (including phenoxy) is 1. The average molecular weight is 418 g/mol. The van der Waals surface area contributed by atoms with E-state index in [9.17, 15) is 9.18 Å². The Balaban J connectivity index is 1.77. The minimum atomic E-state index is -1.32. The summed E-state index contributed by atoms with van der Waals surface area (Å²) in [6.07, 6.45) is 4.25. The number of allylic oxidation sites excluding steroid dienone is 1. The van der Waals surface area contributed by atoms with Crippen molar-refractivity contribution < 1.29 is 13.9 Å². The van der Waals surface area contributed by atoms with Gasteiger partial charge < -0.3 is 15.0 Å². The molecule has 5 nitrogen and oxygen atoms in total. The summed E-state index contributed by atoms with van der Waals surface area (Å²) in [5, 5.41) is 8.20. The molecule has 0 aromatic carbocycles. The normalized spacial score (nSPS) is 17.8. The molecule has 1 amide bonds. The number of fused-ring (bicyclic) bond motifs is 1. The fourth-order valence-electron chi connectivity index (χ4n) is 3.56. The Hall–Kier alpha value is -2.19. The van der Waals surface area contributed by atoms with Crippen LogP contribution in [0.5, 0.6) is 10.8 Å². The van der Waals surface area contributed by atoms with Gasteiger partial charge in [0.2, 0.25) is 0 Å². The van der Waals surface area contributed by atoms with E-state index in [2.05, 4.69) is 17.6 Å². The average Bonchev–Trinajstić information content (AvgIpc) is 3.00. The molecule has 0 unspecified atom stereocenters. The zero-order valence-corrected chi connectivity index (χ0v) is 17.3. The van der Waals surface area contributed by atoms with Crippen molar-refractivity contribution in [2.45, 2.75) is 32.4 Å². The first-order valence-corrected chi connectivity index (χ1v) is 10.2. The molecule has 28 heavy (non-hydrogen) atoms. The van der Waals surface area contributed by atoms with E-state index < -0.39 is 5.67 Å². The number of thiol groups is 1. The molecule has 1 saturated heterocycles. The molecular formula is C20H20FN3O2S2. The Morgan fingerprint density at radius 1 is 1.46 bits per heavy atom. The predicted molar refractivity (Wildman–Crippen MR) is 112 cm³/mol. The van der Waals surface area contributed by atoms with Gasteiger partial charge in [0.1, 0.15) is 11.4 Å². The monoisotopic (exact) mass is 417 g/mol. The Kier molecular flexibility index (Phi) is 4.79. The van der Waals surface area contributed by atoms with E-state index >= 15 is 0 Å². The van der Waals surface area contributed by atoms with Gasteiger partial charge in [-0.15, -0.1) is 12.6 Å². The highest BCUT2D eigenvalue weighted by Crippen LogP contribution is 2.48. The van der Waals surface area contributed by atoms with Gasteiger partial charge in [-0.3, -0.25) is 9.78 Å². The smallest absolute Gasteiger partial charge is 0.264 e. The van der Waals surface area contributed by atoms with Gasteiger partial charge in [0.25, 0.3) is 5.91 Å². The topological polar surface area (TPSA) is 66.3 Å². The third-order valence-corrected chi connectivity index (χ3v) is 6.63. The van der Waals surface area contributed by atoms with Crippen molar-refractivity contribution in [2.75, 3.05) is 13.1 Å². The zero-order chi connectivity index (χ0) is 20.1. The van der Waals surface area contributed by atoms with Crippen LogP contribution in [0, 0.1) is 12.3 Å². The number of likely N-dealkylation sites (tertiary alicyclic amines) is 1. The van der Waals surface area contributed by atoms with E-state index in [4.69, 9.17) is 10.1 Å². The zero-order valence-electron chi connectivity index (χ0n) is 15.6. The van der Waals surface area contributed by atoms with E-state index in [0.717, 1.165) is 22.4 Å². The number of alkyl halides is 1. The number of thiophene rings is 1. The Labute approximate surface area is 172 Å². The van der Waals surface area contributed by atoms with Crippen molar-refractivity contribution in [1.29, 1.82) is 5.41 Å². The molecule has 1 aliphatic carbocycles. The molecule has 146 valence electrons. The van der Waals surface area contributed by atoms with Crippen LogP contribution >= 0.6 is 24.0 Å². The summed E-state index contributed by atoms with van der Waals surface area (Å²) in [5.74, 6) is 0.433. The summed E-state index contributed by atoms with van der Waals surface area (Å²) in [7, 11) is 0. The van der Waals surface area contributed by atoms with Gasteiger partial charge in [0.15, 0.2) is 5.06 Å². The second-order valence-electron chi connectivity index (χ2n) is 7.35. The number of nitrogens with one attached hydrogen (secondary N) is 1.